The molecule has 0 aliphatic carbocycles. The van der Waals surface area contributed by atoms with Gasteiger partial charge in [-0.2, -0.15) is 5.26 Å². The lowest BCUT2D eigenvalue weighted by Crippen LogP contribution is -2.31. The van der Waals surface area contributed by atoms with Crippen LogP contribution in [0.25, 0.3) is 21.5 Å². The number of benzene rings is 3. The van der Waals surface area contributed by atoms with Gasteiger partial charge in [0.05, 0.1) is 36.6 Å². The van der Waals surface area contributed by atoms with E-state index in [1.165, 1.54) is 0 Å². The van der Waals surface area contributed by atoms with Gasteiger partial charge in [-0.05, 0) is 49.0 Å². The van der Waals surface area contributed by atoms with Crippen LogP contribution in [0.15, 0.2) is 108 Å². The molecule has 0 spiro atoms. The van der Waals surface area contributed by atoms with E-state index in [0.717, 1.165) is 16.8 Å². The second-order valence-electron chi connectivity index (χ2n) is 8.31. The van der Waals surface area contributed by atoms with Crippen molar-refractivity contribution < 1.29 is 4.74 Å². The molecule has 174 valence electrons. The number of hydrogen-bond acceptors (Lipinski definition) is 5. The Morgan fingerprint density at radius 1 is 0.972 bits per heavy atom. The molecule has 0 amide bonds. The van der Waals surface area contributed by atoms with Crippen molar-refractivity contribution in [3.8, 4) is 29.0 Å². The highest BCUT2D eigenvalue weighted by atomic mass is 16.5. The molecule has 0 atom stereocenters. The summed E-state index contributed by atoms with van der Waals surface area (Å²) in [7, 11) is 3.94. The molecular weight excluding hydrogens is 446 g/mol. The molecule has 0 saturated heterocycles. The van der Waals surface area contributed by atoms with Crippen molar-refractivity contribution in [2.24, 2.45) is 0 Å². The van der Waals surface area contributed by atoms with Gasteiger partial charge in [-0.25, -0.2) is 10.1 Å². The quantitative estimate of drug-likeness (QED) is 0.244. The number of anilines is 1. The molecule has 0 N–H and O–H groups in total. The third-order valence-corrected chi connectivity index (χ3v) is 5.56. The summed E-state index contributed by atoms with van der Waals surface area (Å²) in [6, 6.07) is 29.3. The summed E-state index contributed by atoms with van der Waals surface area (Å²) in [5, 5.41) is 19.5. The van der Waals surface area contributed by atoms with Gasteiger partial charge in [-0.15, -0.1) is 0 Å². The van der Waals surface area contributed by atoms with E-state index in [9.17, 15) is 10.5 Å². The van der Waals surface area contributed by atoms with Gasteiger partial charge in [0.1, 0.15) is 0 Å². The fraction of sp³-hybridized carbons (Fsp3) is 0.100. The standard InChI is InChI=1S/C30H23N5O/c1-33-26(20-32)30(23-12-8-5-9-13-23)25(19-31)15-17-29-35(21-34(2)3)27-18-24(14-16-28(27)36-29)22-10-6-4-7-11-22/h4-18H,21H2,2-3H3/b25-15+,29-17-,30-26-. The Hall–Kier alpha value is -5.09. The molecular formula is C30H23N5O. The van der Waals surface area contributed by atoms with Crippen LogP contribution in [-0.4, -0.2) is 25.7 Å². The summed E-state index contributed by atoms with van der Waals surface area (Å²) < 4.78 is 6.17. The van der Waals surface area contributed by atoms with Crippen LogP contribution in [-0.2, 0) is 0 Å². The van der Waals surface area contributed by atoms with Crippen molar-refractivity contribution in [1.82, 2.24) is 4.90 Å². The first kappa shape index (κ1) is 24.0. The normalized spacial score (nSPS) is 14.4. The van der Waals surface area contributed by atoms with Crippen molar-refractivity contribution in [2.75, 3.05) is 25.7 Å². The van der Waals surface area contributed by atoms with Gasteiger partial charge in [0, 0.05) is 11.6 Å². The molecule has 1 aliphatic heterocycles. The van der Waals surface area contributed by atoms with E-state index < -0.39 is 0 Å². The number of ether oxygens (including phenoxy) is 1. The minimum atomic E-state index is -0.138. The predicted molar refractivity (Wildman–Crippen MR) is 141 cm³/mol. The predicted octanol–water partition coefficient (Wildman–Crippen LogP) is 6.22. The van der Waals surface area contributed by atoms with Crippen LogP contribution in [0.4, 0.5) is 5.69 Å². The Morgan fingerprint density at radius 3 is 2.28 bits per heavy atom. The monoisotopic (exact) mass is 469 g/mol. The Morgan fingerprint density at radius 2 is 1.67 bits per heavy atom. The molecule has 3 aromatic carbocycles. The maximum Gasteiger partial charge on any atom is 0.270 e. The van der Waals surface area contributed by atoms with Gasteiger partial charge in [-0.1, -0.05) is 66.7 Å². The number of allylic oxidation sites excluding steroid dienone is 5. The van der Waals surface area contributed by atoms with Crippen molar-refractivity contribution >= 4 is 11.3 Å². The van der Waals surface area contributed by atoms with Crippen LogP contribution in [0.3, 0.4) is 0 Å². The Kier molecular flexibility index (Phi) is 7.28. The second-order valence-corrected chi connectivity index (χ2v) is 8.31. The van der Waals surface area contributed by atoms with Gasteiger partial charge in [0.2, 0.25) is 5.88 Å². The van der Waals surface area contributed by atoms with E-state index in [1.807, 2.05) is 78.5 Å². The molecule has 0 fully saturated rings. The lowest BCUT2D eigenvalue weighted by atomic mass is 9.96. The average Bonchev–Trinajstić information content (AvgIpc) is 3.25. The zero-order valence-corrected chi connectivity index (χ0v) is 20.0. The molecule has 6 nitrogen and oxygen atoms in total. The van der Waals surface area contributed by atoms with Crippen molar-refractivity contribution in [1.29, 1.82) is 10.5 Å². The van der Waals surface area contributed by atoms with Gasteiger partial charge in [-0.3, -0.25) is 9.80 Å². The SMILES string of the molecule is [C-]#[N+]\C(C#N)=C(/C(C#N)=C/C=C1\Oc2ccc(-c3ccccc3)cc2N1CN(C)C)c1ccccc1. The highest BCUT2D eigenvalue weighted by molar-refractivity contribution is 5.88. The molecule has 0 bridgehead atoms. The minimum absolute atomic E-state index is 0.138. The summed E-state index contributed by atoms with van der Waals surface area (Å²) >= 11 is 0. The van der Waals surface area contributed by atoms with E-state index in [-0.39, 0.29) is 11.3 Å². The summed E-state index contributed by atoms with van der Waals surface area (Å²) in [6.45, 7) is 8.00. The van der Waals surface area contributed by atoms with Crippen molar-refractivity contribution in [3.05, 3.63) is 125 Å². The number of hydrogen-bond donors (Lipinski definition) is 0. The smallest absolute Gasteiger partial charge is 0.270 e. The molecule has 0 unspecified atom stereocenters. The van der Waals surface area contributed by atoms with E-state index in [1.54, 1.807) is 24.3 Å². The topological polar surface area (TPSA) is 67.6 Å². The second kappa shape index (κ2) is 10.9. The molecule has 1 aliphatic rings. The molecule has 6 heteroatoms. The number of nitrogens with zero attached hydrogens (tertiary/aromatic N) is 5. The lowest BCUT2D eigenvalue weighted by Gasteiger charge is -2.22. The maximum absolute atomic E-state index is 9.96. The van der Waals surface area contributed by atoms with E-state index in [0.29, 0.717) is 29.4 Å². The van der Waals surface area contributed by atoms with Gasteiger partial charge in [0.15, 0.2) is 5.75 Å². The maximum atomic E-state index is 9.96. The zero-order chi connectivity index (χ0) is 25.5. The number of rotatable bonds is 6. The van der Waals surface area contributed by atoms with Crippen LogP contribution in [0.2, 0.25) is 0 Å². The van der Waals surface area contributed by atoms with E-state index in [4.69, 9.17) is 11.3 Å². The van der Waals surface area contributed by atoms with Crippen LogP contribution in [0.5, 0.6) is 5.75 Å². The zero-order valence-electron chi connectivity index (χ0n) is 20.0. The van der Waals surface area contributed by atoms with Crippen LogP contribution in [0.1, 0.15) is 5.56 Å². The molecule has 3 aromatic rings. The highest BCUT2D eigenvalue weighted by Crippen LogP contribution is 2.41. The molecule has 0 aromatic heterocycles. The van der Waals surface area contributed by atoms with E-state index in [2.05, 4.69) is 29.1 Å². The lowest BCUT2D eigenvalue weighted by molar-refractivity contribution is 0.377. The van der Waals surface area contributed by atoms with Crippen LogP contribution >= 0.6 is 0 Å². The first-order valence-corrected chi connectivity index (χ1v) is 11.2. The number of fused-ring (bicyclic) bond motifs is 1. The molecule has 1 heterocycles. The molecule has 4 rings (SSSR count). The van der Waals surface area contributed by atoms with Gasteiger partial charge in [0.25, 0.3) is 5.70 Å². The average molecular weight is 470 g/mol. The van der Waals surface area contributed by atoms with Crippen LogP contribution < -0.4 is 9.64 Å². The first-order chi connectivity index (χ1) is 17.5. The Balaban J connectivity index is 1.78. The minimum Gasteiger partial charge on any atom is -0.439 e. The summed E-state index contributed by atoms with van der Waals surface area (Å²) in [5.41, 5.74) is 4.09. The largest absolute Gasteiger partial charge is 0.439 e. The molecule has 0 radical (unpaired) electrons. The fourth-order valence-electron chi connectivity index (χ4n) is 3.96. The fourth-order valence-corrected chi connectivity index (χ4v) is 3.96. The van der Waals surface area contributed by atoms with Crippen LogP contribution in [0, 0.1) is 29.2 Å². The highest BCUT2D eigenvalue weighted by Gasteiger charge is 2.27. The summed E-state index contributed by atoms with van der Waals surface area (Å²) in [4.78, 5) is 7.42. The Labute approximate surface area is 211 Å². The third kappa shape index (κ3) is 5.03. The molecule has 36 heavy (non-hydrogen) atoms. The molecule has 0 saturated carbocycles. The summed E-state index contributed by atoms with van der Waals surface area (Å²) in [6.07, 6.45) is 3.32. The van der Waals surface area contributed by atoms with E-state index >= 15 is 0 Å². The van der Waals surface area contributed by atoms with Gasteiger partial charge < -0.3 is 4.74 Å². The number of nitriles is 2. The summed E-state index contributed by atoms with van der Waals surface area (Å²) in [5.74, 6) is 1.26. The first-order valence-electron chi connectivity index (χ1n) is 11.2. The Bertz CT molecular complexity index is 1460. The van der Waals surface area contributed by atoms with Crippen molar-refractivity contribution in [2.45, 2.75) is 0 Å². The van der Waals surface area contributed by atoms with Gasteiger partial charge >= 0.3 is 0 Å². The van der Waals surface area contributed by atoms with Crippen molar-refractivity contribution in [3.63, 3.8) is 0 Å². The third-order valence-electron chi connectivity index (χ3n) is 5.56.